The van der Waals surface area contributed by atoms with Crippen LogP contribution in [0, 0.1) is 0 Å². The van der Waals surface area contributed by atoms with Crippen molar-refractivity contribution in [3.8, 4) is 0 Å². The van der Waals surface area contributed by atoms with E-state index in [1.807, 2.05) is 13.8 Å². The molecule has 0 aliphatic carbocycles. The van der Waals surface area contributed by atoms with Crippen molar-refractivity contribution in [3.05, 3.63) is 35.4 Å². The summed E-state index contributed by atoms with van der Waals surface area (Å²) >= 11 is 0. The molecule has 0 N–H and O–H groups in total. The second-order valence-corrected chi connectivity index (χ2v) is 6.11. The fraction of sp³-hybridized carbons (Fsp3) is 0.571. The van der Waals surface area contributed by atoms with E-state index in [-0.39, 0.29) is 0 Å². The maximum Gasteiger partial charge on any atom is 0.416 e. The molecule has 1 rings (SSSR count). The summed E-state index contributed by atoms with van der Waals surface area (Å²) in [6, 6.07) is 6.27. The lowest BCUT2D eigenvalue weighted by Crippen LogP contribution is -2.22. The molecule has 20 heavy (non-hydrogen) atoms. The minimum absolute atomic E-state index is 0.588. The zero-order chi connectivity index (χ0) is 15.0. The number of benzene rings is 1. The summed E-state index contributed by atoms with van der Waals surface area (Å²) < 4.78 is 48.7. The average Bonchev–Trinajstić information content (AvgIpc) is 2.38. The fourth-order valence-corrected chi connectivity index (χ4v) is 3.33. The van der Waals surface area contributed by atoms with Crippen LogP contribution in [0.5, 0.6) is 0 Å². The van der Waals surface area contributed by atoms with Gasteiger partial charge in [0.25, 0.3) is 0 Å². The second-order valence-electron chi connectivity index (χ2n) is 4.29. The van der Waals surface area contributed by atoms with E-state index < -0.39 is 21.0 Å². The maximum absolute atomic E-state index is 12.6. The summed E-state index contributed by atoms with van der Waals surface area (Å²) in [5.74, 6) is 0. The van der Waals surface area contributed by atoms with Crippen molar-refractivity contribution in [3.63, 3.8) is 0 Å². The zero-order valence-electron chi connectivity index (χ0n) is 11.8. The van der Waals surface area contributed by atoms with Gasteiger partial charge in [0, 0.05) is 13.2 Å². The predicted molar refractivity (Wildman–Crippen MR) is 73.6 cm³/mol. The first-order valence-electron chi connectivity index (χ1n) is 6.75. The van der Waals surface area contributed by atoms with E-state index in [0.717, 1.165) is 18.5 Å². The monoisotopic (exact) mass is 305 g/mol. The van der Waals surface area contributed by atoms with E-state index in [2.05, 4.69) is 0 Å². The molecule has 0 aliphatic rings. The third-order valence-electron chi connectivity index (χ3n) is 2.71. The van der Waals surface area contributed by atoms with Gasteiger partial charge in [-0.2, -0.15) is 13.2 Å². The lowest BCUT2D eigenvalue weighted by atomic mass is 10.1. The average molecular weight is 305 g/mol. The highest BCUT2D eigenvalue weighted by atomic mass is 28.3. The van der Waals surface area contributed by atoms with Crippen molar-refractivity contribution in [2.24, 2.45) is 0 Å². The van der Waals surface area contributed by atoms with Crippen LogP contribution in [0.15, 0.2) is 24.3 Å². The number of halogens is 3. The SMILES string of the molecule is CCO[Si](CCCc1cccc(C(F)(F)F)c1)OCC. The molecule has 0 saturated carbocycles. The number of hydrogen-bond acceptors (Lipinski definition) is 2. The Labute approximate surface area is 119 Å². The highest BCUT2D eigenvalue weighted by Crippen LogP contribution is 2.29. The molecule has 0 saturated heterocycles. The Morgan fingerprint density at radius 3 is 2.30 bits per heavy atom. The molecule has 0 atom stereocenters. The topological polar surface area (TPSA) is 18.5 Å². The molecule has 0 heterocycles. The van der Waals surface area contributed by atoms with E-state index in [9.17, 15) is 13.2 Å². The minimum Gasteiger partial charge on any atom is -0.394 e. The van der Waals surface area contributed by atoms with Gasteiger partial charge in [0.1, 0.15) is 0 Å². The first kappa shape index (κ1) is 17.2. The lowest BCUT2D eigenvalue weighted by Gasteiger charge is -2.13. The Morgan fingerprint density at radius 1 is 1.10 bits per heavy atom. The molecule has 0 fully saturated rings. The molecular formula is C14H20F3O2Si. The Morgan fingerprint density at radius 2 is 1.75 bits per heavy atom. The minimum atomic E-state index is -4.28. The van der Waals surface area contributed by atoms with Gasteiger partial charge < -0.3 is 8.85 Å². The van der Waals surface area contributed by atoms with Gasteiger partial charge in [0.05, 0.1) is 5.56 Å². The maximum atomic E-state index is 12.6. The Bertz CT molecular complexity index is 390. The third-order valence-corrected chi connectivity index (χ3v) is 4.69. The van der Waals surface area contributed by atoms with Crippen LogP contribution >= 0.6 is 0 Å². The summed E-state index contributed by atoms with van der Waals surface area (Å²) in [7, 11) is -1.28. The molecule has 6 heteroatoms. The van der Waals surface area contributed by atoms with Gasteiger partial charge in [0.2, 0.25) is 0 Å². The summed E-state index contributed by atoms with van der Waals surface area (Å²) in [6.07, 6.45) is -2.89. The van der Waals surface area contributed by atoms with Crippen molar-refractivity contribution in [1.82, 2.24) is 0 Å². The zero-order valence-corrected chi connectivity index (χ0v) is 12.8. The van der Waals surface area contributed by atoms with Crippen LogP contribution in [0.4, 0.5) is 13.2 Å². The normalized spacial score (nSPS) is 12.1. The summed E-state index contributed by atoms with van der Waals surface area (Å²) in [5, 5.41) is 0. The van der Waals surface area contributed by atoms with Crippen molar-refractivity contribution in [1.29, 1.82) is 0 Å². The third kappa shape index (κ3) is 6.07. The Kier molecular flexibility index (Phi) is 7.26. The molecule has 0 aliphatic heterocycles. The molecule has 1 aromatic rings. The number of aryl methyl sites for hydroxylation is 1. The van der Waals surface area contributed by atoms with Crippen molar-refractivity contribution in [2.45, 2.75) is 38.9 Å². The van der Waals surface area contributed by atoms with E-state index in [0.29, 0.717) is 25.2 Å². The second kappa shape index (κ2) is 8.44. The molecule has 113 valence electrons. The van der Waals surface area contributed by atoms with Gasteiger partial charge in [-0.25, -0.2) is 0 Å². The molecule has 0 amide bonds. The molecule has 0 bridgehead atoms. The van der Waals surface area contributed by atoms with Crippen LogP contribution in [0.1, 0.15) is 31.4 Å². The van der Waals surface area contributed by atoms with E-state index in [4.69, 9.17) is 8.85 Å². The van der Waals surface area contributed by atoms with Crippen LogP contribution in [0.3, 0.4) is 0 Å². The van der Waals surface area contributed by atoms with Gasteiger partial charge in [0.15, 0.2) is 0 Å². The molecular weight excluding hydrogens is 285 g/mol. The van der Waals surface area contributed by atoms with Gasteiger partial charge in [-0.1, -0.05) is 18.2 Å². The van der Waals surface area contributed by atoms with Crippen LogP contribution in [0.2, 0.25) is 6.04 Å². The van der Waals surface area contributed by atoms with Crippen LogP contribution in [-0.4, -0.2) is 22.5 Å². The van der Waals surface area contributed by atoms with Crippen molar-refractivity contribution < 1.29 is 22.0 Å². The highest BCUT2D eigenvalue weighted by Gasteiger charge is 2.30. The largest absolute Gasteiger partial charge is 0.416 e. The van der Waals surface area contributed by atoms with E-state index in [1.54, 1.807) is 6.07 Å². The van der Waals surface area contributed by atoms with Gasteiger partial charge in [-0.05, 0) is 44.4 Å². The molecule has 2 nitrogen and oxygen atoms in total. The van der Waals surface area contributed by atoms with E-state index >= 15 is 0 Å². The first-order valence-corrected chi connectivity index (χ1v) is 8.27. The first-order chi connectivity index (χ1) is 9.47. The smallest absolute Gasteiger partial charge is 0.394 e. The standard InChI is InChI=1S/C14H20F3O2Si/c1-3-18-20(19-4-2)10-6-8-12-7-5-9-13(11-12)14(15,16)17/h5,7,9,11H,3-4,6,8,10H2,1-2H3. The highest BCUT2D eigenvalue weighted by molar-refractivity contribution is 6.44. The number of rotatable bonds is 8. The molecule has 0 aromatic heterocycles. The van der Waals surface area contributed by atoms with Gasteiger partial charge in [-0.15, -0.1) is 0 Å². The van der Waals surface area contributed by atoms with E-state index in [1.165, 1.54) is 12.1 Å². The Hall–Kier alpha value is -0.853. The quantitative estimate of drug-likeness (QED) is 0.670. The molecule has 0 spiro atoms. The Balaban J connectivity index is 2.49. The summed E-state index contributed by atoms with van der Waals surface area (Å²) in [5.41, 5.74) is 0.115. The van der Waals surface area contributed by atoms with Crippen molar-refractivity contribution >= 4 is 9.28 Å². The molecule has 0 unspecified atom stereocenters. The lowest BCUT2D eigenvalue weighted by molar-refractivity contribution is -0.137. The summed E-state index contributed by atoms with van der Waals surface area (Å²) in [4.78, 5) is 0. The fourth-order valence-electron chi connectivity index (χ4n) is 1.85. The van der Waals surface area contributed by atoms with Gasteiger partial charge in [-0.3, -0.25) is 0 Å². The van der Waals surface area contributed by atoms with Crippen LogP contribution < -0.4 is 0 Å². The predicted octanol–water partition coefficient (Wildman–Crippen LogP) is 4.20. The molecule has 1 radical (unpaired) electrons. The summed E-state index contributed by atoms with van der Waals surface area (Å²) in [6.45, 7) is 5.04. The number of hydrogen-bond donors (Lipinski definition) is 0. The number of alkyl halides is 3. The van der Waals surface area contributed by atoms with Crippen molar-refractivity contribution in [2.75, 3.05) is 13.2 Å². The molecule has 1 aromatic carbocycles. The van der Waals surface area contributed by atoms with Crippen LogP contribution in [-0.2, 0) is 21.4 Å². The van der Waals surface area contributed by atoms with Crippen LogP contribution in [0.25, 0.3) is 0 Å². The van der Waals surface area contributed by atoms with Gasteiger partial charge >= 0.3 is 15.5 Å².